The van der Waals surface area contributed by atoms with Crippen molar-refractivity contribution in [2.24, 2.45) is 0 Å². The quantitative estimate of drug-likeness (QED) is 0.822. The maximum atomic E-state index is 12.2. The second kappa shape index (κ2) is 6.22. The van der Waals surface area contributed by atoms with Crippen LogP contribution in [0.1, 0.15) is 5.56 Å². The van der Waals surface area contributed by atoms with Gasteiger partial charge in [0, 0.05) is 20.1 Å². The molecular weight excluding hydrogens is 294 g/mol. The number of carbonyl (C=O) groups is 1. The summed E-state index contributed by atoms with van der Waals surface area (Å²) in [6.07, 6.45) is -0.406. The number of amides is 1. The Morgan fingerprint density at radius 3 is 2.86 bits per heavy atom. The van der Waals surface area contributed by atoms with Crippen LogP contribution in [0, 0.1) is 11.3 Å². The molecule has 1 fully saturated rings. The summed E-state index contributed by atoms with van der Waals surface area (Å²) in [6, 6.07) is 7.82. The normalized spacial score (nSPS) is 19.3. The van der Waals surface area contributed by atoms with Crippen molar-refractivity contribution in [3.8, 4) is 6.07 Å². The lowest BCUT2D eigenvalue weighted by molar-refractivity contribution is -0.146. The van der Waals surface area contributed by atoms with Gasteiger partial charge in [0.05, 0.1) is 16.6 Å². The molecule has 8 heteroatoms. The van der Waals surface area contributed by atoms with Gasteiger partial charge in [-0.3, -0.25) is 4.79 Å². The summed E-state index contributed by atoms with van der Waals surface area (Å²) in [4.78, 5) is 12.7. The molecule has 0 saturated carbocycles. The molecule has 1 atom stereocenters. The zero-order valence-electron chi connectivity index (χ0n) is 11.4. The molecular formula is C13H15N3O4S. The van der Waals surface area contributed by atoms with Crippen molar-refractivity contribution in [2.45, 2.75) is 11.0 Å². The molecule has 1 amide bonds. The van der Waals surface area contributed by atoms with Gasteiger partial charge >= 0.3 is 0 Å². The molecule has 1 unspecified atom stereocenters. The Hall–Kier alpha value is -1.95. The molecule has 1 saturated heterocycles. The number of benzene rings is 1. The van der Waals surface area contributed by atoms with Gasteiger partial charge in [0.2, 0.25) is 15.9 Å². The molecule has 1 aromatic rings. The number of nitrogens with zero attached hydrogens (tertiary/aromatic N) is 2. The number of hydrogen-bond donors (Lipinski definition) is 1. The van der Waals surface area contributed by atoms with Gasteiger partial charge < -0.3 is 9.64 Å². The Bertz CT molecular complexity index is 681. The van der Waals surface area contributed by atoms with E-state index >= 15 is 0 Å². The van der Waals surface area contributed by atoms with E-state index in [1.807, 2.05) is 6.07 Å². The van der Waals surface area contributed by atoms with Gasteiger partial charge in [-0.05, 0) is 12.1 Å². The average Bonchev–Trinajstić information content (AvgIpc) is 2.48. The van der Waals surface area contributed by atoms with Crippen LogP contribution < -0.4 is 4.72 Å². The van der Waals surface area contributed by atoms with Crippen molar-refractivity contribution >= 4 is 15.9 Å². The fourth-order valence-corrected chi connectivity index (χ4v) is 3.18. The molecule has 1 aromatic carbocycles. The van der Waals surface area contributed by atoms with Crippen LogP contribution >= 0.6 is 0 Å². The predicted molar refractivity (Wildman–Crippen MR) is 73.7 cm³/mol. The second-order valence-electron chi connectivity index (χ2n) is 4.67. The maximum absolute atomic E-state index is 12.2. The smallest absolute Gasteiger partial charge is 0.248 e. The lowest BCUT2D eigenvalue weighted by Gasteiger charge is -2.29. The predicted octanol–water partition coefficient (Wildman–Crippen LogP) is -0.306. The van der Waals surface area contributed by atoms with Gasteiger partial charge in [-0.25, -0.2) is 13.1 Å². The summed E-state index contributed by atoms with van der Waals surface area (Å²) in [6.45, 7) is 0.304. The van der Waals surface area contributed by atoms with E-state index in [4.69, 9.17) is 10.00 Å². The summed E-state index contributed by atoms with van der Waals surface area (Å²) < 4.78 is 32.1. The van der Waals surface area contributed by atoms with Crippen LogP contribution in [0.15, 0.2) is 29.2 Å². The lowest BCUT2D eigenvalue weighted by Crippen LogP contribution is -2.48. The second-order valence-corrected chi connectivity index (χ2v) is 6.40. The van der Waals surface area contributed by atoms with Crippen LogP contribution in [0.3, 0.4) is 0 Å². The summed E-state index contributed by atoms with van der Waals surface area (Å²) in [5, 5.41) is 8.95. The zero-order chi connectivity index (χ0) is 15.5. The number of nitrogens with one attached hydrogen (secondary N) is 1. The molecule has 1 N–H and O–H groups in total. The van der Waals surface area contributed by atoms with Crippen molar-refractivity contribution in [1.29, 1.82) is 5.26 Å². The van der Waals surface area contributed by atoms with E-state index in [-0.39, 0.29) is 29.5 Å². The molecule has 0 radical (unpaired) electrons. The lowest BCUT2D eigenvalue weighted by atomic mass is 10.2. The number of rotatable bonds is 4. The number of carbonyl (C=O) groups excluding carboxylic acids is 1. The SMILES string of the molecule is CN1CC(CNS(=O)(=O)c2ccccc2C#N)OCC1=O. The number of morpholine rings is 1. The van der Waals surface area contributed by atoms with E-state index in [2.05, 4.69) is 4.72 Å². The average molecular weight is 309 g/mol. The number of nitriles is 1. The molecule has 21 heavy (non-hydrogen) atoms. The number of likely N-dealkylation sites (N-methyl/N-ethyl adjacent to an activating group) is 1. The first-order chi connectivity index (χ1) is 9.94. The Kier molecular flexibility index (Phi) is 4.57. The van der Waals surface area contributed by atoms with Gasteiger partial charge in [0.1, 0.15) is 12.7 Å². The van der Waals surface area contributed by atoms with E-state index in [0.717, 1.165) is 0 Å². The molecule has 0 aliphatic carbocycles. The van der Waals surface area contributed by atoms with Crippen molar-refractivity contribution < 1.29 is 17.9 Å². The van der Waals surface area contributed by atoms with Gasteiger partial charge in [-0.15, -0.1) is 0 Å². The number of ether oxygens (including phenoxy) is 1. The first-order valence-electron chi connectivity index (χ1n) is 6.28. The molecule has 1 aliphatic heterocycles. The van der Waals surface area contributed by atoms with E-state index in [1.54, 1.807) is 19.2 Å². The molecule has 0 bridgehead atoms. The van der Waals surface area contributed by atoms with Gasteiger partial charge in [-0.1, -0.05) is 12.1 Å². The highest BCUT2D eigenvalue weighted by Crippen LogP contribution is 2.14. The molecule has 112 valence electrons. The Morgan fingerprint density at radius 2 is 2.19 bits per heavy atom. The van der Waals surface area contributed by atoms with E-state index < -0.39 is 16.1 Å². The number of sulfonamides is 1. The van der Waals surface area contributed by atoms with Gasteiger partial charge in [0.25, 0.3) is 0 Å². The summed E-state index contributed by atoms with van der Waals surface area (Å²) in [7, 11) is -2.15. The zero-order valence-corrected chi connectivity index (χ0v) is 12.3. The summed E-state index contributed by atoms with van der Waals surface area (Å²) in [5.41, 5.74) is 0.0851. The van der Waals surface area contributed by atoms with Gasteiger partial charge in [0.15, 0.2) is 0 Å². The third-order valence-corrected chi connectivity index (χ3v) is 4.63. The molecule has 0 spiro atoms. The largest absolute Gasteiger partial charge is 0.365 e. The highest BCUT2D eigenvalue weighted by atomic mass is 32.2. The fourth-order valence-electron chi connectivity index (χ4n) is 1.96. The third kappa shape index (κ3) is 3.58. The maximum Gasteiger partial charge on any atom is 0.248 e. The third-order valence-electron chi connectivity index (χ3n) is 3.14. The van der Waals surface area contributed by atoms with Crippen LogP contribution in [-0.2, 0) is 19.6 Å². The molecule has 0 aromatic heterocycles. The minimum Gasteiger partial charge on any atom is -0.365 e. The highest BCUT2D eigenvalue weighted by Gasteiger charge is 2.26. The molecule has 1 heterocycles. The van der Waals surface area contributed by atoms with E-state index in [9.17, 15) is 13.2 Å². The van der Waals surface area contributed by atoms with Crippen LogP contribution in [-0.4, -0.2) is 52.1 Å². The molecule has 2 rings (SSSR count). The van der Waals surface area contributed by atoms with Crippen LogP contribution in [0.4, 0.5) is 0 Å². The minimum atomic E-state index is -3.79. The Balaban J connectivity index is 2.05. The standard InChI is InChI=1S/C13H15N3O4S/c1-16-8-11(20-9-13(16)17)7-15-21(18,19)12-5-3-2-4-10(12)6-14/h2-5,11,15H,7-9H2,1H3. The Morgan fingerprint density at radius 1 is 1.48 bits per heavy atom. The Labute approximate surface area is 123 Å². The first-order valence-corrected chi connectivity index (χ1v) is 7.76. The molecule has 1 aliphatic rings. The van der Waals surface area contributed by atoms with Crippen molar-refractivity contribution in [1.82, 2.24) is 9.62 Å². The number of hydrogen-bond acceptors (Lipinski definition) is 5. The van der Waals surface area contributed by atoms with Crippen LogP contribution in [0.5, 0.6) is 0 Å². The summed E-state index contributed by atoms with van der Waals surface area (Å²) in [5.74, 6) is -0.135. The highest BCUT2D eigenvalue weighted by molar-refractivity contribution is 7.89. The topological polar surface area (TPSA) is 99.5 Å². The summed E-state index contributed by atoms with van der Waals surface area (Å²) >= 11 is 0. The van der Waals surface area contributed by atoms with Crippen molar-refractivity contribution in [2.75, 3.05) is 26.7 Å². The monoisotopic (exact) mass is 309 g/mol. The fraction of sp³-hybridized carbons (Fsp3) is 0.385. The van der Waals surface area contributed by atoms with Crippen molar-refractivity contribution in [3.63, 3.8) is 0 Å². The minimum absolute atomic E-state index is 0.0414. The molecule has 7 nitrogen and oxygen atoms in total. The first kappa shape index (κ1) is 15.4. The van der Waals surface area contributed by atoms with Gasteiger partial charge in [-0.2, -0.15) is 5.26 Å². The van der Waals surface area contributed by atoms with E-state index in [0.29, 0.717) is 6.54 Å². The van der Waals surface area contributed by atoms with Crippen LogP contribution in [0.2, 0.25) is 0 Å². The van der Waals surface area contributed by atoms with Crippen molar-refractivity contribution in [3.05, 3.63) is 29.8 Å². The van der Waals surface area contributed by atoms with Crippen LogP contribution in [0.25, 0.3) is 0 Å². The van der Waals surface area contributed by atoms with E-state index in [1.165, 1.54) is 17.0 Å².